The molecular formula is C24H28ClN3O5. The van der Waals surface area contributed by atoms with Crippen molar-refractivity contribution in [3.63, 3.8) is 0 Å². The first-order valence-corrected chi connectivity index (χ1v) is 11.6. The molecule has 0 saturated carbocycles. The lowest BCUT2D eigenvalue weighted by molar-refractivity contribution is -0.153. The molecule has 176 valence electrons. The Morgan fingerprint density at radius 3 is 2.12 bits per heavy atom. The summed E-state index contributed by atoms with van der Waals surface area (Å²) in [5, 5.41) is 0.474. The maximum absolute atomic E-state index is 13.2. The highest BCUT2D eigenvalue weighted by Gasteiger charge is 2.50. The van der Waals surface area contributed by atoms with Gasteiger partial charge in [-0.2, -0.15) is 0 Å². The molecule has 1 aromatic carbocycles. The maximum Gasteiger partial charge on any atom is 0.327 e. The number of fused-ring (bicyclic) bond motifs is 1. The van der Waals surface area contributed by atoms with Gasteiger partial charge in [0.25, 0.3) is 0 Å². The van der Waals surface area contributed by atoms with Crippen LogP contribution in [0.25, 0.3) is 0 Å². The van der Waals surface area contributed by atoms with Crippen molar-refractivity contribution in [2.75, 3.05) is 33.3 Å². The van der Waals surface area contributed by atoms with Gasteiger partial charge in [0.05, 0.1) is 18.9 Å². The van der Waals surface area contributed by atoms with Crippen LogP contribution in [-0.4, -0.2) is 77.7 Å². The number of piperazine rings is 1. The van der Waals surface area contributed by atoms with Gasteiger partial charge in [0.1, 0.15) is 12.1 Å². The third-order valence-corrected chi connectivity index (χ3v) is 7.25. The molecule has 0 spiro atoms. The lowest BCUT2D eigenvalue weighted by atomic mass is 9.85. The Bertz CT molecular complexity index is 962. The Balaban J connectivity index is 1.43. The Morgan fingerprint density at radius 1 is 1.00 bits per heavy atom. The van der Waals surface area contributed by atoms with Crippen LogP contribution < -0.4 is 0 Å². The summed E-state index contributed by atoms with van der Waals surface area (Å²) < 4.78 is 5.02. The average Bonchev–Trinajstić information content (AvgIpc) is 3.10. The first-order valence-electron chi connectivity index (χ1n) is 11.2. The van der Waals surface area contributed by atoms with Gasteiger partial charge in [-0.1, -0.05) is 42.0 Å². The van der Waals surface area contributed by atoms with Crippen LogP contribution in [0, 0.1) is 11.8 Å². The fraction of sp³-hybridized carbons (Fsp3) is 0.500. The zero-order chi connectivity index (χ0) is 23.7. The number of amides is 3. The molecule has 0 aromatic heterocycles. The van der Waals surface area contributed by atoms with Gasteiger partial charge in [0.15, 0.2) is 0 Å². The fourth-order valence-electron chi connectivity index (χ4n) is 5.06. The molecule has 4 atom stereocenters. The molecule has 3 aliphatic rings. The second-order valence-corrected chi connectivity index (χ2v) is 9.09. The van der Waals surface area contributed by atoms with Crippen LogP contribution in [-0.2, 0) is 23.9 Å². The SMILES string of the molecule is COC(=O)[C@@H](c1ccccc1Cl)N1CCN(C(=O)[C@H](C)N2C(=O)[C@H]3CC=CC[C@H]3C2=O)CC1. The van der Waals surface area contributed by atoms with Crippen molar-refractivity contribution < 1.29 is 23.9 Å². The molecule has 2 heterocycles. The van der Waals surface area contributed by atoms with Gasteiger partial charge in [0, 0.05) is 31.2 Å². The highest BCUT2D eigenvalue weighted by atomic mass is 35.5. The standard InChI is InChI=1S/C24H28ClN3O5/c1-15(28-22(30)16-7-3-4-8-17(16)23(28)31)21(29)27-13-11-26(12-14-27)20(24(32)33-2)18-9-5-6-10-19(18)25/h3-6,9-10,15-17,20H,7-8,11-14H2,1-2H3/t15-,16-,17+,20+/m0/s1. The molecule has 3 amide bonds. The van der Waals surface area contributed by atoms with E-state index in [4.69, 9.17) is 16.3 Å². The molecule has 1 aromatic rings. The number of likely N-dealkylation sites (tertiary alicyclic amines) is 1. The Labute approximate surface area is 198 Å². The predicted molar refractivity (Wildman–Crippen MR) is 121 cm³/mol. The highest BCUT2D eigenvalue weighted by Crippen LogP contribution is 2.36. The number of allylic oxidation sites excluding steroid dienone is 2. The molecule has 0 bridgehead atoms. The quantitative estimate of drug-likeness (QED) is 0.369. The Kier molecular flexibility index (Phi) is 6.86. The van der Waals surface area contributed by atoms with Gasteiger partial charge >= 0.3 is 5.97 Å². The maximum atomic E-state index is 13.2. The molecule has 0 N–H and O–H groups in total. The Hall–Kier alpha value is -2.71. The van der Waals surface area contributed by atoms with E-state index in [0.29, 0.717) is 49.6 Å². The van der Waals surface area contributed by atoms with Crippen molar-refractivity contribution in [3.05, 3.63) is 47.0 Å². The van der Waals surface area contributed by atoms with Crippen molar-refractivity contribution in [2.45, 2.75) is 31.8 Å². The monoisotopic (exact) mass is 473 g/mol. The summed E-state index contributed by atoms with van der Waals surface area (Å²) >= 11 is 6.34. The fourth-order valence-corrected chi connectivity index (χ4v) is 5.30. The molecule has 33 heavy (non-hydrogen) atoms. The minimum Gasteiger partial charge on any atom is -0.468 e. The first kappa shape index (κ1) is 23.4. The number of carbonyl (C=O) groups excluding carboxylic acids is 4. The summed E-state index contributed by atoms with van der Waals surface area (Å²) in [7, 11) is 1.34. The molecule has 4 rings (SSSR count). The smallest absolute Gasteiger partial charge is 0.327 e. The van der Waals surface area contributed by atoms with Crippen LogP contribution in [0.4, 0.5) is 0 Å². The number of hydrogen-bond donors (Lipinski definition) is 0. The average molecular weight is 474 g/mol. The first-order chi connectivity index (χ1) is 15.8. The number of esters is 1. The number of ether oxygens (including phenoxy) is 1. The molecule has 9 heteroatoms. The van der Waals surface area contributed by atoms with E-state index < -0.39 is 18.1 Å². The van der Waals surface area contributed by atoms with E-state index in [0.717, 1.165) is 4.90 Å². The number of carbonyl (C=O) groups is 4. The summed E-state index contributed by atoms with van der Waals surface area (Å²) in [4.78, 5) is 56.2. The van der Waals surface area contributed by atoms with Crippen LogP contribution in [0.3, 0.4) is 0 Å². The van der Waals surface area contributed by atoms with Crippen molar-refractivity contribution in [2.24, 2.45) is 11.8 Å². The van der Waals surface area contributed by atoms with Gasteiger partial charge in [0.2, 0.25) is 17.7 Å². The van der Waals surface area contributed by atoms with E-state index in [2.05, 4.69) is 0 Å². The number of methoxy groups -OCH3 is 1. The molecule has 0 radical (unpaired) electrons. The largest absolute Gasteiger partial charge is 0.468 e. The number of imide groups is 1. The molecule has 2 saturated heterocycles. The van der Waals surface area contributed by atoms with Crippen LogP contribution >= 0.6 is 11.6 Å². The lowest BCUT2D eigenvalue weighted by Crippen LogP contribution is -2.56. The zero-order valence-corrected chi connectivity index (χ0v) is 19.5. The predicted octanol–water partition coefficient (Wildman–Crippen LogP) is 2.04. The van der Waals surface area contributed by atoms with Crippen LogP contribution in [0.5, 0.6) is 0 Å². The molecule has 8 nitrogen and oxygen atoms in total. The number of halogens is 1. The number of rotatable bonds is 5. The zero-order valence-electron chi connectivity index (χ0n) is 18.8. The highest BCUT2D eigenvalue weighted by molar-refractivity contribution is 6.31. The molecular weight excluding hydrogens is 446 g/mol. The van der Waals surface area contributed by atoms with E-state index >= 15 is 0 Å². The van der Waals surface area contributed by atoms with Crippen LogP contribution in [0.1, 0.15) is 31.4 Å². The van der Waals surface area contributed by atoms with E-state index in [-0.39, 0.29) is 29.6 Å². The van der Waals surface area contributed by atoms with E-state index in [1.165, 1.54) is 7.11 Å². The summed E-state index contributed by atoms with van der Waals surface area (Å²) in [6, 6.07) is 5.62. The molecule has 0 unspecified atom stereocenters. The van der Waals surface area contributed by atoms with E-state index in [1.54, 1.807) is 30.0 Å². The molecule has 1 aliphatic carbocycles. The van der Waals surface area contributed by atoms with E-state index in [9.17, 15) is 19.2 Å². The van der Waals surface area contributed by atoms with Crippen molar-refractivity contribution >= 4 is 35.3 Å². The van der Waals surface area contributed by atoms with Gasteiger partial charge in [-0.25, -0.2) is 4.79 Å². The van der Waals surface area contributed by atoms with Crippen molar-refractivity contribution in [1.29, 1.82) is 0 Å². The summed E-state index contributed by atoms with van der Waals surface area (Å²) in [5.41, 5.74) is 0.656. The number of nitrogens with zero attached hydrogens (tertiary/aromatic N) is 3. The van der Waals surface area contributed by atoms with Gasteiger partial charge < -0.3 is 9.64 Å². The lowest BCUT2D eigenvalue weighted by Gasteiger charge is -2.39. The van der Waals surface area contributed by atoms with Crippen molar-refractivity contribution in [3.8, 4) is 0 Å². The molecule has 2 aliphatic heterocycles. The van der Waals surface area contributed by atoms with Gasteiger partial charge in [-0.15, -0.1) is 0 Å². The van der Waals surface area contributed by atoms with Gasteiger partial charge in [-0.05, 0) is 31.4 Å². The number of benzene rings is 1. The van der Waals surface area contributed by atoms with Crippen LogP contribution in [0.15, 0.2) is 36.4 Å². The third kappa shape index (κ3) is 4.29. The van der Waals surface area contributed by atoms with Gasteiger partial charge in [-0.3, -0.25) is 24.2 Å². The number of hydrogen-bond acceptors (Lipinski definition) is 6. The Morgan fingerprint density at radius 2 is 1.58 bits per heavy atom. The summed E-state index contributed by atoms with van der Waals surface area (Å²) in [6.45, 7) is 3.22. The van der Waals surface area contributed by atoms with E-state index in [1.807, 2.05) is 23.1 Å². The summed E-state index contributed by atoms with van der Waals surface area (Å²) in [6.07, 6.45) is 4.95. The minimum atomic E-state index is -0.845. The molecule has 2 fully saturated rings. The van der Waals surface area contributed by atoms with Crippen LogP contribution in [0.2, 0.25) is 5.02 Å². The normalized spacial score (nSPS) is 25.1. The third-order valence-electron chi connectivity index (χ3n) is 6.90. The topological polar surface area (TPSA) is 87.2 Å². The van der Waals surface area contributed by atoms with Crippen molar-refractivity contribution in [1.82, 2.24) is 14.7 Å². The minimum absolute atomic E-state index is 0.252. The second-order valence-electron chi connectivity index (χ2n) is 8.69. The second kappa shape index (κ2) is 9.65. The summed E-state index contributed by atoms with van der Waals surface area (Å²) in [5.74, 6) is -1.88.